The van der Waals surface area contributed by atoms with E-state index in [4.69, 9.17) is 23.8 Å². The van der Waals surface area contributed by atoms with Gasteiger partial charge < -0.3 is 5.32 Å². The van der Waals surface area contributed by atoms with Gasteiger partial charge >= 0.3 is 0 Å². The highest BCUT2D eigenvalue weighted by Crippen LogP contribution is 2.35. The third-order valence-corrected chi connectivity index (χ3v) is 3.71. The average Bonchev–Trinajstić information content (AvgIpc) is 2.58. The highest BCUT2D eigenvalue weighted by Gasteiger charge is 2.17. The predicted octanol–water partition coefficient (Wildman–Crippen LogP) is 5.05. The molecule has 3 rings (SSSR count). The van der Waals surface area contributed by atoms with Crippen LogP contribution in [0.25, 0.3) is 5.57 Å². The minimum absolute atomic E-state index is 0.252. The van der Waals surface area contributed by atoms with Gasteiger partial charge in [0.25, 0.3) is 0 Å². The predicted molar refractivity (Wildman–Crippen MR) is 85.8 cm³/mol. The molecule has 0 spiro atoms. The molecule has 0 fully saturated rings. The summed E-state index contributed by atoms with van der Waals surface area (Å²) in [5.41, 5.74) is 3.09. The lowest BCUT2D eigenvalue weighted by atomic mass is 9.96. The van der Waals surface area contributed by atoms with Crippen molar-refractivity contribution >= 4 is 40.1 Å². The first-order valence-electron chi connectivity index (χ1n) is 6.20. The van der Waals surface area contributed by atoms with Crippen molar-refractivity contribution in [2.24, 2.45) is 0 Å². The van der Waals surface area contributed by atoms with Gasteiger partial charge in [0.15, 0.2) is 0 Å². The van der Waals surface area contributed by atoms with Crippen molar-refractivity contribution in [3.8, 4) is 0 Å². The fourth-order valence-electron chi connectivity index (χ4n) is 2.29. The summed E-state index contributed by atoms with van der Waals surface area (Å²) < 4.78 is 14.1. The molecule has 0 saturated heterocycles. The topological polar surface area (TPSA) is 12.0 Å². The second-order valence-electron chi connectivity index (χ2n) is 4.54. The van der Waals surface area contributed by atoms with Crippen LogP contribution in [0.2, 0.25) is 5.02 Å². The van der Waals surface area contributed by atoms with E-state index >= 15 is 0 Å². The average molecular weight is 304 g/mol. The molecule has 0 unspecified atom stereocenters. The van der Waals surface area contributed by atoms with Gasteiger partial charge in [0.2, 0.25) is 0 Å². The molecule has 2 aromatic carbocycles. The van der Waals surface area contributed by atoms with Gasteiger partial charge in [-0.1, -0.05) is 48.1 Å². The van der Waals surface area contributed by atoms with Crippen LogP contribution < -0.4 is 5.32 Å². The van der Waals surface area contributed by atoms with E-state index in [0.717, 1.165) is 16.8 Å². The van der Waals surface area contributed by atoms with Gasteiger partial charge in [-0.25, -0.2) is 4.39 Å². The second-order valence-corrected chi connectivity index (χ2v) is 5.47. The molecule has 1 aliphatic rings. The largest absolute Gasteiger partial charge is 0.349 e. The van der Waals surface area contributed by atoms with Crippen LogP contribution in [0.5, 0.6) is 0 Å². The minimum Gasteiger partial charge on any atom is -0.349 e. The molecule has 0 radical (unpaired) electrons. The number of fused-ring (bicyclic) bond motifs is 1. The van der Waals surface area contributed by atoms with Crippen LogP contribution in [0.4, 0.5) is 10.1 Å². The molecule has 4 heteroatoms. The maximum absolute atomic E-state index is 14.1. The highest BCUT2D eigenvalue weighted by atomic mass is 35.5. The van der Waals surface area contributed by atoms with Crippen LogP contribution in [0.1, 0.15) is 17.5 Å². The third kappa shape index (κ3) is 2.47. The van der Waals surface area contributed by atoms with Gasteiger partial charge in [-0.05, 0) is 29.8 Å². The number of nitrogens with one attached hydrogen (secondary N) is 1. The number of anilines is 1. The summed E-state index contributed by atoms with van der Waals surface area (Å²) in [7, 11) is 0. The molecule has 1 aliphatic heterocycles. The second kappa shape index (κ2) is 5.35. The quantitative estimate of drug-likeness (QED) is 0.740. The maximum atomic E-state index is 14.1. The van der Waals surface area contributed by atoms with E-state index in [2.05, 4.69) is 5.32 Å². The van der Waals surface area contributed by atoms with E-state index in [9.17, 15) is 4.39 Å². The summed E-state index contributed by atoms with van der Waals surface area (Å²) in [4.78, 5) is 0.708. The number of halogens is 2. The molecule has 20 heavy (non-hydrogen) atoms. The van der Waals surface area contributed by atoms with Crippen molar-refractivity contribution in [2.75, 3.05) is 5.32 Å². The molecule has 0 saturated carbocycles. The number of benzene rings is 2. The Bertz CT molecular complexity index is 724. The molecule has 0 amide bonds. The van der Waals surface area contributed by atoms with E-state index in [1.165, 1.54) is 6.07 Å². The summed E-state index contributed by atoms with van der Waals surface area (Å²) in [5.74, 6) is -0.252. The zero-order chi connectivity index (χ0) is 14.1. The molecular formula is C16H11ClFNS. The molecule has 1 heterocycles. The van der Waals surface area contributed by atoms with Crippen LogP contribution in [0.15, 0.2) is 48.5 Å². The maximum Gasteiger partial charge on any atom is 0.131 e. The lowest BCUT2D eigenvalue weighted by Gasteiger charge is -2.13. The molecule has 0 aliphatic carbocycles. The van der Waals surface area contributed by atoms with Crippen molar-refractivity contribution in [2.45, 2.75) is 6.42 Å². The van der Waals surface area contributed by atoms with Gasteiger partial charge in [-0.15, -0.1) is 0 Å². The molecule has 1 nitrogen and oxygen atoms in total. The van der Waals surface area contributed by atoms with Crippen molar-refractivity contribution in [3.63, 3.8) is 0 Å². The Hall–Kier alpha value is -1.71. The zero-order valence-corrected chi connectivity index (χ0v) is 12.1. The van der Waals surface area contributed by atoms with Gasteiger partial charge in [0.1, 0.15) is 5.82 Å². The normalized spacial score (nSPS) is 14.1. The Labute approximate surface area is 127 Å². The van der Waals surface area contributed by atoms with Gasteiger partial charge in [-0.3, -0.25) is 0 Å². The van der Waals surface area contributed by atoms with E-state index < -0.39 is 0 Å². The number of hydrogen-bond acceptors (Lipinski definition) is 1. The van der Waals surface area contributed by atoms with Crippen molar-refractivity contribution in [1.82, 2.24) is 0 Å². The Morgan fingerprint density at radius 1 is 1.10 bits per heavy atom. The van der Waals surface area contributed by atoms with Crippen LogP contribution in [0.3, 0.4) is 0 Å². The lowest BCUT2D eigenvalue weighted by molar-refractivity contribution is 0.624. The summed E-state index contributed by atoms with van der Waals surface area (Å²) in [6.07, 6.45) is 2.52. The molecular weight excluding hydrogens is 293 g/mol. The first kappa shape index (κ1) is 13.3. The molecule has 100 valence electrons. The molecule has 0 atom stereocenters. The van der Waals surface area contributed by atoms with E-state index in [1.54, 1.807) is 18.2 Å². The van der Waals surface area contributed by atoms with Crippen molar-refractivity contribution in [1.29, 1.82) is 0 Å². The summed E-state index contributed by atoms with van der Waals surface area (Å²) in [6, 6.07) is 12.2. The van der Waals surface area contributed by atoms with E-state index in [-0.39, 0.29) is 5.82 Å². The van der Waals surface area contributed by atoms with Gasteiger partial charge in [-0.2, -0.15) is 0 Å². The number of rotatable bonds is 1. The van der Waals surface area contributed by atoms with E-state index in [1.807, 2.05) is 24.3 Å². The molecule has 0 bridgehead atoms. The Morgan fingerprint density at radius 2 is 1.90 bits per heavy atom. The highest BCUT2D eigenvalue weighted by molar-refractivity contribution is 7.80. The third-order valence-electron chi connectivity index (χ3n) is 3.20. The first-order valence-corrected chi connectivity index (χ1v) is 6.98. The summed E-state index contributed by atoms with van der Waals surface area (Å²) >= 11 is 11.3. The van der Waals surface area contributed by atoms with Crippen molar-refractivity contribution in [3.05, 3.63) is 70.5 Å². The van der Waals surface area contributed by atoms with Crippen molar-refractivity contribution < 1.29 is 4.39 Å². The summed E-state index contributed by atoms with van der Waals surface area (Å²) in [6.45, 7) is 0. The zero-order valence-electron chi connectivity index (χ0n) is 10.5. The SMILES string of the molecule is Fc1ccccc1C1=CCC(=S)Nc2ccc(Cl)cc21. The van der Waals surface area contributed by atoms with E-state index in [0.29, 0.717) is 22.0 Å². The standard InChI is InChI=1S/C16H11ClFNS/c17-10-5-7-15-13(9-10)11(6-8-16(20)19-15)12-3-1-2-4-14(12)18/h1-7,9H,8H2,(H,19,20). The Balaban J connectivity index is 2.23. The van der Waals surface area contributed by atoms with Gasteiger partial charge in [0, 0.05) is 28.3 Å². The van der Waals surface area contributed by atoms with Gasteiger partial charge in [0.05, 0.1) is 4.99 Å². The number of thiocarbonyl (C=S) groups is 1. The molecule has 1 N–H and O–H groups in total. The smallest absolute Gasteiger partial charge is 0.131 e. The summed E-state index contributed by atoms with van der Waals surface area (Å²) in [5, 5.41) is 3.78. The minimum atomic E-state index is -0.252. The Morgan fingerprint density at radius 3 is 2.70 bits per heavy atom. The van der Waals surface area contributed by atoms with Crippen LogP contribution in [-0.2, 0) is 0 Å². The number of hydrogen-bond donors (Lipinski definition) is 1. The molecule has 2 aromatic rings. The molecule has 0 aromatic heterocycles. The van der Waals surface area contributed by atoms with Crippen LogP contribution >= 0.6 is 23.8 Å². The van der Waals surface area contributed by atoms with Crippen LogP contribution in [0, 0.1) is 5.82 Å². The Kier molecular flexibility index (Phi) is 3.55. The first-order chi connectivity index (χ1) is 9.65. The fraction of sp³-hybridized carbons (Fsp3) is 0.0625. The van der Waals surface area contributed by atoms with Crippen LogP contribution in [-0.4, -0.2) is 4.99 Å². The monoisotopic (exact) mass is 303 g/mol. The fourth-order valence-corrected chi connectivity index (χ4v) is 2.65. The lowest BCUT2D eigenvalue weighted by Crippen LogP contribution is -2.06.